The molecule has 21 heavy (non-hydrogen) atoms. The summed E-state index contributed by atoms with van der Waals surface area (Å²) in [4.78, 5) is 24.6. The van der Waals surface area contributed by atoms with Gasteiger partial charge in [-0.15, -0.1) is 0 Å². The van der Waals surface area contributed by atoms with Crippen molar-refractivity contribution in [3.63, 3.8) is 0 Å². The number of amides is 1. The van der Waals surface area contributed by atoms with Gasteiger partial charge in [-0.05, 0) is 30.7 Å². The van der Waals surface area contributed by atoms with Gasteiger partial charge in [0, 0.05) is 0 Å². The third-order valence-electron chi connectivity index (χ3n) is 2.97. The van der Waals surface area contributed by atoms with E-state index in [1.807, 2.05) is 0 Å². The Hall–Kier alpha value is -1.86. The number of thioether (sulfide) groups is 1. The first-order valence-corrected chi connectivity index (χ1v) is 7.28. The Morgan fingerprint density at radius 2 is 2.05 bits per heavy atom. The van der Waals surface area contributed by atoms with Crippen LogP contribution in [0.5, 0.6) is 5.75 Å². The van der Waals surface area contributed by atoms with Crippen molar-refractivity contribution in [1.82, 2.24) is 4.90 Å². The van der Waals surface area contributed by atoms with E-state index in [0.717, 1.165) is 22.2 Å². The molecule has 0 radical (unpaired) electrons. The molecule has 1 amide bonds. The quantitative estimate of drug-likeness (QED) is 0.609. The number of carbonyl (C=O) groups excluding carboxylic acids is 2. The molecule has 5 nitrogen and oxygen atoms in total. The van der Waals surface area contributed by atoms with Gasteiger partial charge in [0.05, 0.1) is 24.0 Å². The van der Waals surface area contributed by atoms with Gasteiger partial charge in [-0.25, -0.2) is 0 Å². The van der Waals surface area contributed by atoms with Crippen LogP contribution in [0, 0.1) is 0 Å². The summed E-state index contributed by atoms with van der Waals surface area (Å²) in [6, 6.07) is 6.06. The highest BCUT2D eigenvalue weighted by molar-refractivity contribution is 8.26. The van der Waals surface area contributed by atoms with Crippen molar-refractivity contribution >= 4 is 46.3 Å². The molecule has 0 aromatic heterocycles. The summed E-state index contributed by atoms with van der Waals surface area (Å²) in [5, 5.41) is 10.9. The Bertz CT molecular complexity index is 624. The van der Waals surface area contributed by atoms with E-state index in [-0.39, 0.29) is 4.32 Å². The van der Waals surface area contributed by atoms with Gasteiger partial charge >= 0.3 is 0 Å². The summed E-state index contributed by atoms with van der Waals surface area (Å²) >= 11 is 6.14. The van der Waals surface area contributed by atoms with E-state index in [4.69, 9.17) is 17.0 Å². The van der Waals surface area contributed by atoms with E-state index < -0.39 is 17.9 Å². The first kappa shape index (κ1) is 15.5. The SMILES string of the molecule is COc1ccc(/C=C2\SC(=S)N([C@@H](C)C(=O)[O-])C2=O)cc1. The first-order chi connectivity index (χ1) is 9.93. The Kier molecular flexibility index (Phi) is 4.64. The predicted octanol–water partition coefficient (Wildman–Crippen LogP) is 1.03. The van der Waals surface area contributed by atoms with Crippen molar-refractivity contribution in [3.8, 4) is 5.75 Å². The largest absolute Gasteiger partial charge is 0.548 e. The number of carbonyl (C=O) groups is 2. The number of thiocarbonyl (C=S) groups is 1. The Balaban J connectivity index is 2.25. The third kappa shape index (κ3) is 3.25. The van der Waals surface area contributed by atoms with Crippen LogP contribution in [0.4, 0.5) is 0 Å². The van der Waals surface area contributed by atoms with E-state index >= 15 is 0 Å². The fourth-order valence-electron chi connectivity index (χ4n) is 1.77. The molecule has 2 rings (SSSR count). The first-order valence-electron chi connectivity index (χ1n) is 6.06. The molecule has 1 aromatic carbocycles. The number of methoxy groups -OCH3 is 1. The molecule has 1 fully saturated rings. The zero-order valence-electron chi connectivity index (χ0n) is 11.4. The van der Waals surface area contributed by atoms with Crippen LogP contribution < -0.4 is 9.84 Å². The lowest BCUT2D eigenvalue weighted by Gasteiger charge is -2.23. The summed E-state index contributed by atoms with van der Waals surface area (Å²) in [6.45, 7) is 1.37. The fraction of sp³-hybridized carbons (Fsp3) is 0.214. The van der Waals surface area contributed by atoms with Gasteiger partial charge in [0.15, 0.2) is 0 Å². The second-order valence-corrected chi connectivity index (χ2v) is 6.00. The summed E-state index contributed by atoms with van der Waals surface area (Å²) in [5.74, 6) is -1.04. The van der Waals surface area contributed by atoms with Crippen molar-refractivity contribution in [2.24, 2.45) is 0 Å². The molecule has 1 aliphatic rings. The van der Waals surface area contributed by atoms with Gasteiger partial charge in [-0.2, -0.15) is 0 Å². The highest BCUT2D eigenvalue weighted by Crippen LogP contribution is 2.33. The molecule has 1 saturated heterocycles. The smallest absolute Gasteiger partial charge is 0.266 e. The Labute approximate surface area is 131 Å². The average molecular weight is 322 g/mol. The summed E-state index contributed by atoms with van der Waals surface area (Å²) in [5.41, 5.74) is 0.803. The minimum absolute atomic E-state index is 0.219. The van der Waals surface area contributed by atoms with Crippen LogP contribution in [-0.4, -0.2) is 34.2 Å². The highest BCUT2D eigenvalue weighted by atomic mass is 32.2. The van der Waals surface area contributed by atoms with E-state index in [0.29, 0.717) is 10.7 Å². The van der Waals surface area contributed by atoms with E-state index in [9.17, 15) is 14.7 Å². The molecule has 0 spiro atoms. The standard InChI is InChI=1S/C14H13NO4S2/c1-8(13(17)18)15-12(16)11(21-14(15)20)7-9-3-5-10(19-2)6-4-9/h3-8H,1-2H3,(H,17,18)/p-1/b11-7-/t8-/m0/s1. The molecular formula is C14H12NO4S2-. The zero-order valence-corrected chi connectivity index (χ0v) is 13.0. The van der Waals surface area contributed by atoms with Gasteiger partial charge < -0.3 is 14.6 Å². The summed E-state index contributed by atoms with van der Waals surface area (Å²) < 4.78 is 5.28. The molecule has 7 heteroatoms. The third-order valence-corrected chi connectivity index (χ3v) is 4.30. The van der Waals surface area contributed by atoms with Crippen LogP contribution in [0.25, 0.3) is 6.08 Å². The maximum atomic E-state index is 12.2. The van der Waals surface area contributed by atoms with Crippen molar-refractivity contribution in [2.75, 3.05) is 7.11 Å². The number of ether oxygens (including phenoxy) is 1. The molecule has 1 aromatic rings. The molecule has 0 bridgehead atoms. The van der Waals surface area contributed by atoms with Gasteiger partial charge in [0.2, 0.25) is 0 Å². The van der Waals surface area contributed by atoms with E-state index in [1.165, 1.54) is 6.92 Å². The monoisotopic (exact) mass is 322 g/mol. The van der Waals surface area contributed by atoms with Gasteiger partial charge in [0.25, 0.3) is 5.91 Å². The molecular weight excluding hydrogens is 310 g/mol. The summed E-state index contributed by atoms with van der Waals surface area (Å²) in [7, 11) is 1.57. The molecule has 0 saturated carbocycles. The summed E-state index contributed by atoms with van der Waals surface area (Å²) in [6.07, 6.45) is 1.67. The highest BCUT2D eigenvalue weighted by Gasteiger charge is 2.35. The lowest BCUT2D eigenvalue weighted by molar-refractivity contribution is -0.309. The van der Waals surface area contributed by atoms with Gasteiger partial charge in [0.1, 0.15) is 10.1 Å². The van der Waals surface area contributed by atoms with Crippen molar-refractivity contribution in [2.45, 2.75) is 13.0 Å². The molecule has 0 N–H and O–H groups in total. The van der Waals surface area contributed by atoms with E-state index in [2.05, 4.69) is 0 Å². The number of benzene rings is 1. The molecule has 1 atom stereocenters. The molecule has 1 heterocycles. The minimum atomic E-state index is -1.34. The lowest BCUT2D eigenvalue weighted by Crippen LogP contribution is -2.48. The number of carboxylic acids is 1. The number of carboxylic acid groups (broad SMARTS) is 1. The van der Waals surface area contributed by atoms with Crippen LogP contribution in [0.15, 0.2) is 29.2 Å². The van der Waals surface area contributed by atoms with Crippen LogP contribution >= 0.6 is 24.0 Å². The van der Waals surface area contributed by atoms with Crippen LogP contribution in [-0.2, 0) is 9.59 Å². The average Bonchev–Trinajstić information content (AvgIpc) is 2.73. The van der Waals surface area contributed by atoms with Crippen molar-refractivity contribution in [1.29, 1.82) is 0 Å². The second-order valence-electron chi connectivity index (χ2n) is 4.32. The van der Waals surface area contributed by atoms with Crippen LogP contribution in [0.3, 0.4) is 0 Å². The minimum Gasteiger partial charge on any atom is -0.548 e. The Morgan fingerprint density at radius 1 is 1.43 bits per heavy atom. The predicted molar refractivity (Wildman–Crippen MR) is 82.5 cm³/mol. The van der Waals surface area contributed by atoms with Crippen molar-refractivity contribution in [3.05, 3.63) is 34.7 Å². The maximum absolute atomic E-state index is 12.2. The fourth-order valence-corrected chi connectivity index (χ4v) is 3.19. The molecule has 0 unspecified atom stereocenters. The van der Waals surface area contributed by atoms with Crippen LogP contribution in [0.1, 0.15) is 12.5 Å². The number of hydrogen-bond donors (Lipinski definition) is 0. The number of nitrogens with zero attached hydrogens (tertiary/aromatic N) is 1. The molecule has 1 aliphatic heterocycles. The Morgan fingerprint density at radius 3 is 2.57 bits per heavy atom. The number of rotatable bonds is 4. The van der Waals surface area contributed by atoms with Crippen molar-refractivity contribution < 1.29 is 19.4 Å². The molecule has 110 valence electrons. The van der Waals surface area contributed by atoms with Crippen LogP contribution in [0.2, 0.25) is 0 Å². The number of hydrogen-bond acceptors (Lipinski definition) is 6. The maximum Gasteiger partial charge on any atom is 0.266 e. The topological polar surface area (TPSA) is 69.7 Å². The molecule has 0 aliphatic carbocycles. The normalized spacial score (nSPS) is 18.2. The van der Waals surface area contributed by atoms with Gasteiger partial charge in [-0.1, -0.05) is 36.1 Å². The second kappa shape index (κ2) is 6.28. The zero-order chi connectivity index (χ0) is 15.6. The lowest BCUT2D eigenvalue weighted by atomic mass is 10.2. The number of aliphatic carboxylic acids is 1. The van der Waals surface area contributed by atoms with Gasteiger partial charge in [-0.3, -0.25) is 9.69 Å². The van der Waals surface area contributed by atoms with E-state index in [1.54, 1.807) is 37.5 Å².